The van der Waals surface area contributed by atoms with Gasteiger partial charge in [0.2, 0.25) is 0 Å². The van der Waals surface area contributed by atoms with Crippen molar-refractivity contribution >= 4 is 0 Å². The van der Waals surface area contributed by atoms with Crippen LogP contribution in [0.5, 0.6) is 0 Å². The van der Waals surface area contributed by atoms with Gasteiger partial charge in [-0.25, -0.2) is 0 Å². The van der Waals surface area contributed by atoms with Crippen LogP contribution in [0.15, 0.2) is 6.33 Å². The maximum atomic E-state index is 5.62. The largest absolute Gasteiger partial charge is 0.380 e. The summed E-state index contributed by atoms with van der Waals surface area (Å²) in [5, 5.41) is 8.39. The first-order valence-electron chi connectivity index (χ1n) is 7.62. The Morgan fingerprint density at radius 3 is 2.75 bits per heavy atom. The van der Waals surface area contributed by atoms with Gasteiger partial charge < -0.3 is 9.30 Å². The summed E-state index contributed by atoms with van der Waals surface area (Å²) in [4.78, 5) is 2.62. The van der Waals surface area contributed by atoms with Gasteiger partial charge in [-0.15, -0.1) is 10.2 Å². The lowest BCUT2D eigenvalue weighted by atomic mass is 9.91. The Hall–Kier alpha value is -0.940. The lowest BCUT2D eigenvalue weighted by Crippen LogP contribution is -2.35. The minimum atomic E-state index is 0.320. The van der Waals surface area contributed by atoms with Crippen LogP contribution in [-0.2, 0) is 11.8 Å². The number of hydrogen-bond donors (Lipinski definition) is 0. The Morgan fingerprint density at radius 2 is 2.20 bits per heavy atom. The van der Waals surface area contributed by atoms with E-state index in [0.717, 1.165) is 18.8 Å². The van der Waals surface area contributed by atoms with Crippen molar-refractivity contribution in [2.24, 2.45) is 12.5 Å². The molecular weight excluding hydrogens is 252 g/mol. The monoisotopic (exact) mass is 278 g/mol. The molecule has 0 amide bonds. The molecule has 1 saturated heterocycles. The van der Waals surface area contributed by atoms with Crippen LogP contribution >= 0.6 is 0 Å². The highest BCUT2D eigenvalue weighted by Crippen LogP contribution is 2.44. The molecule has 0 bridgehead atoms. The number of hydrogen-bond acceptors (Lipinski definition) is 4. The van der Waals surface area contributed by atoms with Crippen LogP contribution in [0.2, 0.25) is 0 Å². The normalized spacial score (nSPS) is 33.9. The van der Waals surface area contributed by atoms with Gasteiger partial charge in [-0.3, -0.25) is 4.90 Å². The maximum absolute atomic E-state index is 5.62. The molecule has 1 unspecified atom stereocenters. The molecule has 2 fully saturated rings. The summed E-state index contributed by atoms with van der Waals surface area (Å²) in [5.41, 5.74) is 0.472. The Kier molecular flexibility index (Phi) is 3.58. The van der Waals surface area contributed by atoms with E-state index in [-0.39, 0.29) is 0 Å². The SMILES string of the molecule is CO[C@@H]1C[C@@H](c2nncn2C)N(C2CCC(C)(C)C2)C1. The number of likely N-dealkylation sites (tertiary alicyclic amines) is 1. The highest BCUT2D eigenvalue weighted by Gasteiger charge is 2.43. The molecule has 112 valence electrons. The molecule has 1 saturated carbocycles. The first-order valence-corrected chi connectivity index (χ1v) is 7.62. The van der Waals surface area contributed by atoms with E-state index in [2.05, 4.69) is 33.5 Å². The van der Waals surface area contributed by atoms with E-state index in [1.165, 1.54) is 19.3 Å². The second-order valence-corrected chi connectivity index (χ2v) is 7.17. The fourth-order valence-corrected chi connectivity index (χ4v) is 3.93. The van der Waals surface area contributed by atoms with Crippen molar-refractivity contribution in [1.82, 2.24) is 19.7 Å². The van der Waals surface area contributed by atoms with Crippen LogP contribution in [0.4, 0.5) is 0 Å². The number of aromatic nitrogens is 3. The lowest BCUT2D eigenvalue weighted by Gasteiger charge is -2.30. The van der Waals surface area contributed by atoms with Crippen molar-refractivity contribution in [2.75, 3.05) is 13.7 Å². The first-order chi connectivity index (χ1) is 9.50. The number of rotatable bonds is 3. The van der Waals surface area contributed by atoms with Crippen LogP contribution < -0.4 is 0 Å². The molecule has 3 rings (SSSR count). The summed E-state index contributed by atoms with van der Waals surface area (Å²) in [6, 6.07) is 1.01. The average molecular weight is 278 g/mol. The van der Waals surface area contributed by atoms with Crippen molar-refractivity contribution in [1.29, 1.82) is 0 Å². The van der Waals surface area contributed by atoms with Crippen LogP contribution in [0.25, 0.3) is 0 Å². The third-order valence-electron chi connectivity index (χ3n) is 5.09. The van der Waals surface area contributed by atoms with E-state index >= 15 is 0 Å². The smallest absolute Gasteiger partial charge is 0.150 e. The van der Waals surface area contributed by atoms with Gasteiger partial charge in [-0.1, -0.05) is 13.8 Å². The van der Waals surface area contributed by atoms with Gasteiger partial charge in [-0.05, 0) is 31.1 Å². The second-order valence-electron chi connectivity index (χ2n) is 7.17. The second kappa shape index (κ2) is 5.11. The molecule has 5 heteroatoms. The molecule has 1 aliphatic carbocycles. The topological polar surface area (TPSA) is 43.2 Å². The summed E-state index contributed by atoms with van der Waals surface area (Å²) in [6.45, 7) is 5.79. The van der Waals surface area contributed by atoms with Crippen LogP contribution in [0.1, 0.15) is 51.4 Å². The molecule has 0 radical (unpaired) electrons. The maximum Gasteiger partial charge on any atom is 0.150 e. The number of aryl methyl sites for hydroxylation is 1. The molecular formula is C15H26N4O. The van der Waals surface area contributed by atoms with E-state index in [4.69, 9.17) is 4.74 Å². The van der Waals surface area contributed by atoms with Gasteiger partial charge in [0, 0.05) is 26.7 Å². The molecule has 3 atom stereocenters. The summed E-state index contributed by atoms with van der Waals surface area (Å²) >= 11 is 0. The van der Waals surface area contributed by atoms with Gasteiger partial charge in [0.15, 0.2) is 0 Å². The van der Waals surface area contributed by atoms with Gasteiger partial charge in [0.25, 0.3) is 0 Å². The third-order valence-corrected chi connectivity index (χ3v) is 5.09. The highest BCUT2D eigenvalue weighted by atomic mass is 16.5. The van der Waals surface area contributed by atoms with E-state index in [0.29, 0.717) is 23.6 Å². The van der Waals surface area contributed by atoms with Crippen molar-refractivity contribution in [3.05, 3.63) is 12.2 Å². The molecule has 2 heterocycles. The standard InChI is InChI=1S/C15H26N4O/c1-15(2)6-5-11(8-15)19-9-12(20-4)7-13(19)14-17-16-10-18(14)3/h10-13H,5-9H2,1-4H3/t11?,12-,13+/m1/s1. The summed E-state index contributed by atoms with van der Waals surface area (Å²) < 4.78 is 7.67. The number of nitrogens with zero attached hydrogens (tertiary/aromatic N) is 4. The van der Waals surface area contributed by atoms with E-state index in [1.54, 1.807) is 6.33 Å². The molecule has 0 spiro atoms. The fourth-order valence-electron chi connectivity index (χ4n) is 3.93. The van der Waals surface area contributed by atoms with Gasteiger partial charge >= 0.3 is 0 Å². The molecule has 1 aromatic heterocycles. The van der Waals surface area contributed by atoms with Crippen molar-refractivity contribution in [3.63, 3.8) is 0 Å². The minimum Gasteiger partial charge on any atom is -0.380 e. The summed E-state index contributed by atoms with van der Waals surface area (Å²) in [5.74, 6) is 1.08. The Labute approximate surface area is 121 Å². The van der Waals surface area contributed by atoms with Crippen molar-refractivity contribution < 1.29 is 4.74 Å². The molecule has 2 aliphatic rings. The van der Waals surface area contributed by atoms with Crippen molar-refractivity contribution in [2.45, 2.75) is 57.7 Å². The molecule has 0 N–H and O–H groups in total. The highest BCUT2D eigenvalue weighted by molar-refractivity contribution is 5.04. The molecule has 1 aliphatic heterocycles. The van der Waals surface area contributed by atoms with Gasteiger partial charge in [0.1, 0.15) is 12.2 Å². The van der Waals surface area contributed by atoms with E-state index < -0.39 is 0 Å². The minimum absolute atomic E-state index is 0.320. The Bertz CT molecular complexity index is 470. The zero-order valence-corrected chi connectivity index (χ0v) is 13.0. The third kappa shape index (κ3) is 2.49. The molecule has 5 nitrogen and oxygen atoms in total. The fraction of sp³-hybridized carbons (Fsp3) is 0.867. The summed E-state index contributed by atoms with van der Waals surface area (Å²) in [7, 11) is 3.85. The lowest BCUT2D eigenvalue weighted by molar-refractivity contribution is 0.0980. The zero-order valence-electron chi connectivity index (χ0n) is 13.0. The average Bonchev–Trinajstić information content (AvgIpc) is 3.06. The predicted molar refractivity (Wildman–Crippen MR) is 77.3 cm³/mol. The van der Waals surface area contributed by atoms with Crippen LogP contribution in [0.3, 0.4) is 0 Å². The predicted octanol–water partition coefficient (Wildman–Crippen LogP) is 2.16. The molecule has 20 heavy (non-hydrogen) atoms. The summed E-state index contributed by atoms with van der Waals surface area (Å²) in [6.07, 6.45) is 7.03. The number of ether oxygens (including phenoxy) is 1. The van der Waals surface area contributed by atoms with Gasteiger partial charge in [-0.2, -0.15) is 0 Å². The first kappa shape index (κ1) is 14.0. The number of methoxy groups -OCH3 is 1. The van der Waals surface area contributed by atoms with Crippen LogP contribution in [0, 0.1) is 5.41 Å². The van der Waals surface area contributed by atoms with Crippen molar-refractivity contribution in [3.8, 4) is 0 Å². The Morgan fingerprint density at radius 1 is 1.40 bits per heavy atom. The van der Waals surface area contributed by atoms with Crippen LogP contribution in [-0.4, -0.2) is 45.5 Å². The van der Waals surface area contributed by atoms with E-state index in [9.17, 15) is 0 Å². The Balaban J connectivity index is 1.82. The quantitative estimate of drug-likeness (QED) is 0.850. The zero-order chi connectivity index (χ0) is 14.3. The molecule has 0 aromatic carbocycles. The molecule has 1 aromatic rings. The van der Waals surface area contributed by atoms with E-state index in [1.807, 2.05) is 14.2 Å². The van der Waals surface area contributed by atoms with Gasteiger partial charge in [0.05, 0.1) is 12.1 Å².